The van der Waals surface area contributed by atoms with Crippen LogP contribution < -0.4 is 5.32 Å². The molecule has 0 saturated carbocycles. The molecule has 1 saturated heterocycles. The van der Waals surface area contributed by atoms with Crippen LogP contribution in [0, 0.1) is 13.8 Å². The number of benzene rings is 1. The first-order valence-corrected chi connectivity index (χ1v) is 6.07. The molecule has 2 rings (SSSR count). The minimum absolute atomic E-state index is 0.464. The highest BCUT2D eigenvalue weighted by Gasteiger charge is 2.19. The number of aryl methyl sites for hydroxylation is 1. The second kappa shape index (κ2) is 4.54. The fourth-order valence-corrected chi connectivity index (χ4v) is 2.67. The highest BCUT2D eigenvalue weighted by Crippen LogP contribution is 2.32. The van der Waals surface area contributed by atoms with Gasteiger partial charge >= 0.3 is 0 Å². The molecule has 1 nitrogen and oxygen atoms in total. The maximum atomic E-state index is 6.29. The van der Waals surface area contributed by atoms with Crippen LogP contribution in [-0.2, 0) is 0 Å². The van der Waals surface area contributed by atoms with Crippen LogP contribution in [0.3, 0.4) is 0 Å². The summed E-state index contributed by atoms with van der Waals surface area (Å²) in [5.41, 5.74) is 4.00. The van der Waals surface area contributed by atoms with Gasteiger partial charge < -0.3 is 5.32 Å². The molecule has 1 aliphatic rings. The number of rotatable bonds is 1. The van der Waals surface area contributed by atoms with Gasteiger partial charge in [-0.1, -0.05) is 24.1 Å². The molecule has 1 aromatic carbocycles. The molecule has 1 atom stereocenters. The van der Waals surface area contributed by atoms with Gasteiger partial charge in [-0.05, 0) is 56.0 Å². The highest BCUT2D eigenvalue weighted by molar-refractivity contribution is 6.31. The molecule has 1 heterocycles. The first kappa shape index (κ1) is 11.0. The van der Waals surface area contributed by atoms with Crippen LogP contribution in [0.25, 0.3) is 0 Å². The molecule has 1 unspecified atom stereocenters. The Morgan fingerprint density at radius 2 is 2.07 bits per heavy atom. The summed E-state index contributed by atoms with van der Waals surface area (Å²) in [7, 11) is 0. The Labute approximate surface area is 96.8 Å². The van der Waals surface area contributed by atoms with Crippen LogP contribution in [0.15, 0.2) is 12.1 Å². The van der Waals surface area contributed by atoms with Gasteiger partial charge in [0.05, 0.1) is 0 Å². The van der Waals surface area contributed by atoms with Crippen molar-refractivity contribution in [2.45, 2.75) is 39.2 Å². The lowest BCUT2D eigenvalue weighted by Crippen LogP contribution is -2.27. The van der Waals surface area contributed by atoms with Crippen LogP contribution in [0.5, 0.6) is 0 Å². The number of hydrogen-bond donors (Lipinski definition) is 1. The van der Waals surface area contributed by atoms with E-state index in [4.69, 9.17) is 11.6 Å². The summed E-state index contributed by atoms with van der Waals surface area (Å²) in [5, 5.41) is 4.47. The second-order valence-electron chi connectivity index (χ2n) is 4.41. The first-order valence-electron chi connectivity index (χ1n) is 5.69. The molecule has 0 spiro atoms. The molecule has 1 fully saturated rings. The molecule has 0 amide bonds. The summed E-state index contributed by atoms with van der Waals surface area (Å²) in [6.45, 7) is 5.44. The highest BCUT2D eigenvalue weighted by atomic mass is 35.5. The molecule has 0 radical (unpaired) electrons. The van der Waals surface area contributed by atoms with E-state index in [2.05, 4.69) is 25.2 Å². The average molecular weight is 224 g/mol. The summed E-state index contributed by atoms with van der Waals surface area (Å²) < 4.78 is 0. The van der Waals surface area contributed by atoms with Crippen molar-refractivity contribution in [2.24, 2.45) is 0 Å². The van der Waals surface area contributed by atoms with E-state index >= 15 is 0 Å². The minimum Gasteiger partial charge on any atom is -0.310 e. The Bertz CT molecular complexity index is 354. The van der Waals surface area contributed by atoms with E-state index < -0.39 is 0 Å². The number of halogens is 1. The predicted octanol–water partition coefficient (Wildman–Crippen LogP) is 3.77. The molecule has 0 aromatic heterocycles. The zero-order chi connectivity index (χ0) is 10.8. The molecule has 1 aliphatic heterocycles. The number of hydrogen-bond acceptors (Lipinski definition) is 1. The van der Waals surface area contributed by atoms with E-state index in [1.54, 1.807) is 0 Å². The third-order valence-corrected chi connectivity index (χ3v) is 3.72. The molecule has 2 heteroatoms. The van der Waals surface area contributed by atoms with Crippen molar-refractivity contribution in [1.29, 1.82) is 0 Å². The lowest BCUT2D eigenvalue weighted by atomic mass is 9.92. The maximum Gasteiger partial charge on any atom is 0.0456 e. The van der Waals surface area contributed by atoms with E-state index in [1.807, 2.05) is 6.07 Å². The van der Waals surface area contributed by atoms with Crippen molar-refractivity contribution in [3.05, 3.63) is 33.8 Å². The van der Waals surface area contributed by atoms with Crippen LogP contribution in [0.1, 0.15) is 42.0 Å². The third kappa shape index (κ3) is 2.19. The zero-order valence-corrected chi connectivity index (χ0v) is 10.2. The van der Waals surface area contributed by atoms with Crippen molar-refractivity contribution in [1.82, 2.24) is 5.32 Å². The summed E-state index contributed by atoms with van der Waals surface area (Å²) in [4.78, 5) is 0. The van der Waals surface area contributed by atoms with Crippen molar-refractivity contribution < 1.29 is 0 Å². The van der Waals surface area contributed by atoms with Gasteiger partial charge in [0.15, 0.2) is 0 Å². The van der Waals surface area contributed by atoms with E-state index in [0.717, 1.165) is 11.6 Å². The average Bonchev–Trinajstić information content (AvgIpc) is 2.26. The Balaban J connectivity index is 2.36. The van der Waals surface area contributed by atoms with E-state index in [1.165, 1.54) is 36.0 Å². The van der Waals surface area contributed by atoms with Crippen molar-refractivity contribution in [3.63, 3.8) is 0 Å². The smallest absolute Gasteiger partial charge is 0.0456 e. The predicted molar refractivity (Wildman–Crippen MR) is 65.5 cm³/mol. The first-order chi connectivity index (χ1) is 7.20. The quantitative estimate of drug-likeness (QED) is 0.764. The molecule has 15 heavy (non-hydrogen) atoms. The van der Waals surface area contributed by atoms with Crippen molar-refractivity contribution in [3.8, 4) is 0 Å². The Morgan fingerprint density at radius 1 is 1.27 bits per heavy atom. The molecule has 82 valence electrons. The largest absolute Gasteiger partial charge is 0.310 e. The third-order valence-electron chi connectivity index (χ3n) is 3.39. The number of piperidine rings is 1. The van der Waals surface area contributed by atoms with Gasteiger partial charge in [-0.3, -0.25) is 0 Å². The molecular weight excluding hydrogens is 206 g/mol. The van der Waals surface area contributed by atoms with Crippen LogP contribution in [0.4, 0.5) is 0 Å². The van der Waals surface area contributed by atoms with E-state index in [-0.39, 0.29) is 0 Å². The van der Waals surface area contributed by atoms with Crippen LogP contribution in [-0.4, -0.2) is 6.54 Å². The van der Waals surface area contributed by atoms with Gasteiger partial charge in [0.1, 0.15) is 0 Å². The lowest BCUT2D eigenvalue weighted by Gasteiger charge is -2.26. The molecule has 0 aliphatic carbocycles. The Kier molecular flexibility index (Phi) is 3.32. The minimum atomic E-state index is 0.464. The SMILES string of the molecule is Cc1ccc(Cl)c(C2CCCCN2)c1C. The van der Waals surface area contributed by atoms with E-state index in [0.29, 0.717) is 6.04 Å². The van der Waals surface area contributed by atoms with Gasteiger partial charge in [-0.2, -0.15) is 0 Å². The van der Waals surface area contributed by atoms with Gasteiger partial charge in [0.25, 0.3) is 0 Å². The summed E-state index contributed by atoms with van der Waals surface area (Å²) in [6, 6.07) is 4.59. The topological polar surface area (TPSA) is 12.0 Å². The Hall–Kier alpha value is -0.530. The normalized spacial score (nSPS) is 21.7. The monoisotopic (exact) mass is 223 g/mol. The van der Waals surface area contributed by atoms with E-state index in [9.17, 15) is 0 Å². The molecule has 1 N–H and O–H groups in total. The lowest BCUT2D eigenvalue weighted by molar-refractivity contribution is 0.411. The number of nitrogens with one attached hydrogen (secondary N) is 1. The van der Waals surface area contributed by atoms with Crippen molar-refractivity contribution >= 4 is 11.6 Å². The van der Waals surface area contributed by atoms with Gasteiger partial charge in [0.2, 0.25) is 0 Å². The summed E-state index contributed by atoms with van der Waals surface area (Å²) >= 11 is 6.29. The standard InChI is InChI=1S/C13H18ClN/c1-9-6-7-11(14)13(10(9)2)12-5-3-4-8-15-12/h6-7,12,15H,3-5,8H2,1-2H3. The van der Waals surface area contributed by atoms with Gasteiger partial charge in [0, 0.05) is 11.1 Å². The van der Waals surface area contributed by atoms with Gasteiger partial charge in [-0.25, -0.2) is 0 Å². The van der Waals surface area contributed by atoms with Crippen molar-refractivity contribution in [2.75, 3.05) is 6.54 Å². The maximum absolute atomic E-state index is 6.29. The zero-order valence-electron chi connectivity index (χ0n) is 9.44. The Morgan fingerprint density at radius 3 is 2.73 bits per heavy atom. The summed E-state index contributed by atoms with van der Waals surface area (Å²) in [6.07, 6.45) is 3.81. The fraction of sp³-hybridized carbons (Fsp3) is 0.538. The van der Waals surface area contributed by atoms with Crippen LogP contribution in [0.2, 0.25) is 5.02 Å². The molecular formula is C13H18ClN. The molecule has 1 aromatic rings. The summed E-state index contributed by atoms with van der Waals surface area (Å²) in [5.74, 6) is 0. The van der Waals surface area contributed by atoms with Gasteiger partial charge in [-0.15, -0.1) is 0 Å². The molecule has 0 bridgehead atoms. The van der Waals surface area contributed by atoms with Crippen LogP contribution >= 0.6 is 11.6 Å². The fourth-order valence-electron chi connectivity index (χ4n) is 2.33. The second-order valence-corrected chi connectivity index (χ2v) is 4.81.